The van der Waals surface area contributed by atoms with Gasteiger partial charge in [-0.2, -0.15) is 0 Å². The molecule has 8 heteroatoms. The normalized spacial score (nSPS) is 14.8. The third-order valence-corrected chi connectivity index (χ3v) is 5.84. The number of fused-ring (bicyclic) bond motifs is 2. The number of rotatable bonds is 6. The van der Waals surface area contributed by atoms with Crippen LogP contribution in [0.2, 0.25) is 0 Å². The Balaban J connectivity index is 1.33. The zero-order chi connectivity index (χ0) is 24.4. The Morgan fingerprint density at radius 1 is 0.943 bits per heavy atom. The molecule has 1 unspecified atom stereocenters. The first-order chi connectivity index (χ1) is 17.0. The standard InChI is InChI=1S/C27H24N4O4/c1-17-27(34)31(16-26(33)29-19-7-3-2-4-8-19)23-14-20(11-12-24(23)35-17)30-25(32)13-18-15-28-22-10-6-5-9-21(18)22/h2-12,14-15,17,28H,13,16H2,1H3,(H,29,33)(H,30,32). The number of benzene rings is 3. The number of hydrogen-bond acceptors (Lipinski definition) is 4. The van der Waals surface area contributed by atoms with E-state index in [0.29, 0.717) is 22.8 Å². The Hall–Kier alpha value is -4.59. The summed E-state index contributed by atoms with van der Waals surface area (Å²) in [6.07, 6.45) is 1.30. The molecule has 1 aromatic heterocycles. The number of nitrogens with one attached hydrogen (secondary N) is 3. The van der Waals surface area contributed by atoms with E-state index in [1.165, 1.54) is 4.90 Å². The van der Waals surface area contributed by atoms with Crippen molar-refractivity contribution in [2.24, 2.45) is 0 Å². The number of carbonyl (C=O) groups is 3. The van der Waals surface area contributed by atoms with Crippen LogP contribution < -0.4 is 20.3 Å². The number of para-hydroxylation sites is 2. The average Bonchev–Trinajstić information content (AvgIpc) is 3.25. The first kappa shape index (κ1) is 22.2. The molecule has 0 saturated carbocycles. The fraction of sp³-hybridized carbons (Fsp3) is 0.148. The Labute approximate surface area is 201 Å². The van der Waals surface area contributed by atoms with E-state index in [2.05, 4.69) is 15.6 Å². The van der Waals surface area contributed by atoms with Crippen molar-refractivity contribution in [2.45, 2.75) is 19.4 Å². The van der Waals surface area contributed by atoms with Crippen molar-refractivity contribution < 1.29 is 19.1 Å². The summed E-state index contributed by atoms with van der Waals surface area (Å²) in [5, 5.41) is 6.68. The molecule has 8 nitrogen and oxygen atoms in total. The molecule has 3 N–H and O–H groups in total. The third-order valence-electron chi connectivity index (χ3n) is 5.84. The van der Waals surface area contributed by atoms with Crippen molar-refractivity contribution >= 4 is 45.7 Å². The smallest absolute Gasteiger partial charge is 0.268 e. The van der Waals surface area contributed by atoms with Gasteiger partial charge in [-0.1, -0.05) is 36.4 Å². The summed E-state index contributed by atoms with van der Waals surface area (Å²) in [5.74, 6) is -0.389. The van der Waals surface area contributed by atoms with Crippen LogP contribution in [0.5, 0.6) is 5.75 Å². The number of carbonyl (C=O) groups excluding carboxylic acids is 3. The van der Waals surface area contributed by atoms with Crippen LogP contribution in [0.25, 0.3) is 10.9 Å². The van der Waals surface area contributed by atoms with Gasteiger partial charge >= 0.3 is 0 Å². The highest BCUT2D eigenvalue weighted by Gasteiger charge is 2.33. The van der Waals surface area contributed by atoms with E-state index < -0.39 is 6.10 Å². The monoisotopic (exact) mass is 468 g/mol. The molecule has 0 spiro atoms. The highest BCUT2D eigenvalue weighted by Crippen LogP contribution is 2.36. The summed E-state index contributed by atoms with van der Waals surface area (Å²) in [6.45, 7) is 1.46. The van der Waals surface area contributed by atoms with Gasteiger partial charge in [-0.15, -0.1) is 0 Å². The number of nitrogens with zero attached hydrogens (tertiary/aromatic N) is 1. The Morgan fingerprint density at radius 2 is 1.69 bits per heavy atom. The summed E-state index contributed by atoms with van der Waals surface area (Å²) in [7, 11) is 0. The molecule has 2 heterocycles. The minimum absolute atomic E-state index is 0.179. The molecule has 5 rings (SSSR count). The topological polar surface area (TPSA) is 104 Å². The van der Waals surface area contributed by atoms with E-state index in [9.17, 15) is 14.4 Å². The molecule has 3 aromatic carbocycles. The minimum atomic E-state index is -0.727. The van der Waals surface area contributed by atoms with Crippen LogP contribution in [-0.4, -0.2) is 35.4 Å². The van der Waals surface area contributed by atoms with Crippen molar-refractivity contribution in [3.8, 4) is 5.75 Å². The largest absolute Gasteiger partial charge is 0.479 e. The molecule has 3 amide bonds. The number of anilines is 3. The van der Waals surface area contributed by atoms with Gasteiger partial charge in [0.05, 0.1) is 12.1 Å². The van der Waals surface area contributed by atoms with E-state index in [4.69, 9.17) is 4.74 Å². The van der Waals surface area contributed by atoms with Crippen molar-refractivity contribution in [1.29, 1.82) is 0 Å². The number of H-pyrrole nitrogens is 1. The Morgan fingerprint density at radius 3 is 2.51 bits per heavy atom. The van der Waals surface area contributed by atoms with Gasteiger partial charge in [0.1, 0.15) is 12.3 Å². The Kier molecular flexibility index (Phi) is 5.93. The second kappa shape index (κ2) is 9.34. The van der Waals surface area contributed by atoms with Gasteiger partial charge in [0.25, 0.3) is 5.91 Å². The maximum Gasteiger partial charge on any atom is 0.268 e. The lowest BCUT2D eigenvalue weighted by Gasteiger charge is -2.33. The van der Waals surface area contributed by atoms with Gasteiger partial charge in [0.15, 0.2) is 6.10 Å². The number of aromatic nitrogens is 1. The van der Waals surface area contributed by atoms with E-state index in [1.807, 2.05) is 48.7 Å². The number of ether oxygens (including phenoxy) is 1. The number of amides is 3. The number of aromatic amines is 1. The molecule has 0 fully saturated rings. The van der Waals surface area contributed by atoms with Crippen LogP contribution in [0.3, 0.4) is 0 Å². The van der Waals surface area contributed by atoms with Gasteiger partial charge in [-0.3, -0.25) is 19.3 Å². The molecule has 0 radical (unpaired) electrons. The molecule has 0 bridgehead atoms. The Bertz CT molecular complexity index is 1410. The van der Waals surface area contributed by atoms with Crippen molar-refractivity contribution in [2.75, 3.05) is 22.1 Å². The molecular weight excluding hydrogens is 444 g/mol. The van der Waals surface area contributed by atoms with Crippen LogP contribution in [0.15, 0.2) is 79.0 Å². The quantitative estimate of drug-likeness (QED) is 0.396. The van der Waals surface area contributed by atoms with E-state index in [1.54, 1.807) is 37.3 Å². The fourth-order valence-electron chi connectivity index (χ4n) is 4.17. The highest BCUT2D eigenvalue weighted by molar-refractivity contribution is 6.07. The van der Waals surface area contributed by atoms with Gasteiger partial charge in [-0.05, 0) is 48.9 Å². The van der Waals surface area contributed by atoms with E-state index in [-0.39, 0.29) is 30.7 Å². The molecule has 176 valence electrons. The third kappa shape index (κ3) is 4.72. The highest BCUT2D eigenvalue weighted by atomic mass is 16.5. The molecule has 0 saturated heterocycles. The average molecular weight is 469 g/mol. The first-order valence-corrected chi connectivity index (χ1v) is 11.3. The molecule has 35 heavy (non-hydrogen) atoms. The maximum atomic E-state index is 12.9. The van der Waals surface area contributed by atoms with Gasteiger partial charge in [0, 0.05) is 28.5 Å². The van der Waals surface area contributed by atoms with Crippen LogP contribution in [0.1, 0.15) is 12.5 Å². The van der Waals surface area contributed by atoms with Gasteiger partial charge < -0.3 is 20.4 Å². The molecular formula is C27H24N4O4. The minimum Gasteiger partial charge on any atom is -0.479 e. The number of hydrogen-bond donors (Lipinski definition) is 3. The molecule has 1 atom stereocenters. The van der Waals surface area contributed by atoms with Crippen molar-refractivity contribution in [3.63, 3.8) is 0 Å². The summed E-state index contributed by atoms with van der Waals surface area (Å²) < 4.78 is 5.73. The predicted octanol–water partition coefficient (Wildman–Crippen LogP) is 4.10. The van der Waals surface area contributed by atoms with E-state index >= 15 is 0 Å². The predicted molar refractivity (Wildman–Crippen MR) is 135 cm³/mol. The van der Waals surface area contributed by atoms with Gasteiger partial charge in [-0.25, -0.2) is 0 Å². The second-order valence-corrected chi connectivity index (χ2v) is 8.37. The summed E-state index contributed by atoms with van der Waals surface area (Å²) >= 11 is 0. The first-order valence-electron chi connectivity index (χ1n) is 11.3. The summed E-state index contributed by atoms with van der Waals surface area (Å²) in [4.78, 5) is 42.9. The molecule has 1 aliphatic rings. The van der Waals surface area contributed by atoms with E-state index in [0.717, 1.165) is 16.5 Å². The SMILES string of the molecule is CC1Oc2ccc(NC(=O)Cc3c[nH]c4ccccc34)cc2N(CC(=O)Nc2ccccc2)C1=O. The molecule has 4 aromatic rings. The summed E-state index contributed by atoms with van der Waals surface area (Å²) in [6, 6.07) is 21.9. The lowest BCUT2D eigenvalue weighted by atomic mass is 10.1. The zero-order valence-corrected chi connectivity index (χ0v) is 19.1. The molecule has 1 aliphatic heterocycles. The van der Waals surface area contributed by atoms with Crippen molar-refractivity contribution in [3.05, 3.63) is 84.6 Å². The van der Waals surface area contributed by atoms with Crippen LogP contribution in [0, 0.1) is 0 Å². The lowest BCUT2D eigenvalue weighted by Crippen LogP contribution is -2.47. The van der Waals surface area contributed by atoms with Crippen LogP contribution >= 0.6 is 0 Å². The van der Waals surface area contributed by atoms with Gasteiger partial charge in [0.2, 0.25) is 11.8 Å². The fourth-order valence-corrected chi connectivity index (χ4v) is 4.17. The van der Waals surface area contributed by atoms with Crippen LogP contribution in [0.4, 0.5) is 17.1 Å². The summed E-state index contributed by atoms with van der Waals surface area (Å²) in [5.41, 5.74) is 3.44. The second-order valence-electron chi connectivity index (χ2n) is 8.37. The lowest BCUT2D eigenvalue weighted by molar-refractivity contribution is -0.127. The van der Waals surface area contributed by atoms with Crippen molar-refractivity contribution in [1.82, 2.24) is 4.98 Å². The van der Waals surface area contributed by atoms with Crippen LogP contribution in [-0.2, 0) is 20.8 Å². The molecule has 0 aliphatic carbocycles. The zero-order valence-electron chi connectivity index (χ0n) is 19.1. The maximum absolute atomic E-state index is 12.9.